The molecule has 2 aromatic rings. The van der Waals surface area contributed by atoms with Crippen molar-refractivity contribution >= 4 is 6.03 Å². The molecule has 2 aliphatic heterocycles. The fourth-order valence-electron chi connectivity index (χ4n) is 4.91. The van der Waals surface area contributed by atoms with E-state index in [-0.39, 0.29) is 55.0 Å². The van der Waals surface area contributed by atoms with Gasteiger partial charge >= 0.3 is 6.03 Å². The number of fused-ring (bicyclic) bond motifs is 1. The van der Waals surface area contributed by atoms with Crippen LogP contribution >= 0.6 is 0 Å². The maximum atomic E-state index is 14.1. The average molecular weight is 471 g/mol. The number of carbonyl (C=O) groups is 1. The van der Waals surface area contributed by atoms with Gasteiger partial charge in [0.05, 0.1) is 37.1 Å². The second-order valence-electron chi connectivity index (χ2n) is 9.60. The molecule has 3 N–H and O–H groups in total. The van der Waals surface area contributed by atoms with Crippen molar-refractivity contribution in [2.75, 3.05) is 6.61 Å². The highest BCUT2D eigenvalue weighted by Gasteiger charge is 2.42. The zero-order valence-corrected chi connectivity index (χ0v) is 19.9. The van der Waals surface area contributed by atoms with E-state index >= 15 is 0 Å². The summed E-state index contributed by atoms with van der Waals surface area (Å²) in [5.74, 6) is -0.230. The number of aliphatic hydroxyl groups is 1. The third-order valence-electron chi connectivity index (χ3n) is 6.64. The summed E-state index contributed by atoms with van der Waals surface area (Å²) in [5, 5.41) is 15.5. The van der Waals surface area contributed by atoms with Crippen LogP contribution in [0, 0.1) is 5.82 Å². The number of aliphatic hydroxyl groups excluding tert-OH is 1. The predicted molar refractivity (Wildman–Crippen MR) is 129 cm³/mol. The molecule has 0 radical (unpaired) electrons. The van der Waals surface area contributed by atoms with Gasteiger partial charge in [0.1, 0.15) is 5.82 Å². The molecule has 2 fully saturated rings. The summed E-state index contributed by atoms with van der Waals surface area (Å²) < 4.78 is 26.6. The molecule has 0 saturated carbocycles. The number of hydrogen-bond acceptors (Lipinski definition) is 4. The number of carbonyl (C=O) groups excluding carboxylic acids is 1. The van der Waals surface area contributed by atoms with Gasteiger partial charge in [-0.25, -0.2) is 9.18 Å². The van der Waals surface area contributed by atoms with E-state index in [2.05, 4.69) is 10.6 Å². The van der Waals surface area contributed by atoms with Gasteiger partial charge in [-0.2, -0.15) is 0 Å². The van der Waals surface area contributed by atoms with Crippen molar-refractivity contribution in [3.63, 3.8) is 0 Å². The van der Waals surface area contributed by atoms with E-state index in [4.69, 9.17) is 9.47 Å². The molecule has 5 atom stereocenters. The molecule has 7 heteroatoms. The summed E-state index contributed by atoms with van der Waals surface area (Å²) in [6, 6.07) is 14.4. The van der Waals surface area contributed by atoms with Gasteiger partial charge in [0.15, 0.2) is 0 Å². The van der Waals surface area contributed by atoms with Crippen LogP contribution in [0.3, 0.4) is 0 Å². The van der Waals surface area contributed by atoms with Crippen molar-refractivity contribution in [2.45, 2.75) is 82.5 Å². The van der Waals surface area contributed by atoms with Crippen molar-refractivity contribution in [3.8, 4) is 11.1 Å². The second kappa shape index (κ2) is 11.3. The lowest BCUT2D eigenvalue weighted by Crippen LogP contribution is -2.59. The van der Waals surface area contributed by atoms with E-state index in [0.717, 1.165) is 36.8 Å². The number of halogens is 1. The van der Waals surface area contributed by atoms with Crippen molar-refractivity contribution in [3.05, 3.63) is 59.9 Å². The lowest BCUT2D eigenvalue weighted by molar-refractivity contribution is -0.201. The first-order chi connectivity index (χ1) is 16.4. The Balaban J connectivity index is 1.41. The Morgan fingerprint density at radius 1 is 1.09 bits per heavy atom. The normalized spacial score (nSPS) is 26.7. The monoisotopic (exact) mass is 470 g/mol. The van der Waals surface area contributed by atoms with E-state index in [0.29, 0.717) is 12.0 Å². The van der Waals surface area contributed by atoms with Crippen LogP contribution in [0.1, 0.15) is 45.1 Å². The van der Waals surface area contributed by atoms with E-state index in [1.807, 2.05) is 44.2 Å². The second-order valence-corrected chi connectivity index (χ2v) is 9.60. The lowest BCUT2D eigenvalue weighted by atomic mass is 9.88. The Morgan fingerprint density at radius 2 is 1.85 bits per heavy atom. The molecule has 34 heavy (non-hydrogen) atoms. The Bertz CT molecular complexity index is 952. The molecule has 2 heterocycles. The predicted octanol–water partition coefficient (Wildman–Crippen LogP) is 4.20. The minimum Gasteiger partial charge on any atom is -0.394 e. The number of aryl methyl sites for hydroxylation is 1. The molecular formula is C27H35FN2O4. The largest absolute Gasteiger partial charge is 0.394 e. The van der Waals surface area contributed by atoms with Crippen LogP contribution in [-0.4, -0.2) is 54.2 Å². The van der Waals surface area contributed by atoms with Crippen molar-refractivity contribution < 1.29 is 23.8 Å². The SMILES string of the molecule is CC(C)NC(=O)N[C@@H]1C[C@@H]2O[C@H](CO)CC[C@@H]2O[C@@H]1CCc1ccc(-c2ccccc2F)cc1. The summed E-state index contributed by atoms with van der Waals surface area (Å²) in [7, 11) is 0. The van der Waals surface area contributed by atoms with Crippen molar-refractivity contribution in [2.24, 2.45) is 0 Å². The first kappa shape index (κ1) is 24.6. The minimum absolute atomic E-state index is 0.00144. The fourth-order valence-corrected chi connectivity index (χ4v) is 4.91. The van der Waals surface area contributed by atoms with Crippen LogP contribution in [0.15, 0.2) is 48.5 Å². The topological polar surface area (TPSA) is 79.8 Å². The molecule has 0 bridgehead atoms. The standard InChI is InChI=1S/C27H35FN2O4/c1-17(2)29-27(32)30-23-15-26-25(14-12-20(16-31)33-26)34-24(23)13-9-18-7-10-19(11-8-18)21-5-3-4-6-22(21)28/h3-8,10-11,17,20,23-26,31H,9,12-16H2,1-2H3,(H2,29,30,32)/t20-,23+,24+,25-,26-/m0/s1. The van der Waals surface area contributed by atoms with Crippen LogP contribution in [0.5, 0.6) is 0 Å². The third-order valence-corrected chi connectivity index (χ3v) is 6.64. The number of benzene rings is 2. The molecule has 2 aliphatic rings. The highest BCUT2D eigenvalue weighted by Crippen LogP contribution is 2.33. The maximum Gasteiger partial charge on any atom is 0.315 e. The van der Waals surface area contributed by atoms with Gasteiger partial charge in [-0.15, -0.1) is 0 Å². The molecule has 2 aromatic carbocycles. The lowest BCUT2D eigenvalue weighted by Gasteiger charge is -2.45. The van der Waals surface area contributed by atoms with E-state index in [1.54, 1.807) is 12.1 Å². The van der Waals surface area contributed by atoms with Crippen molar-refractivity contribution in [1.29, 1.82) is 0 Å². The summed E-state index contributed by atoms with van der Waals surface area (Å²) in [4.78, 5) is 12.4. The molecule has 4 rings (SSSR count). The molecular weight excluding hydrogens is 435 g/mol. The van der Waals surface area contributed by atoms with E-state index < -0.39 is 0 Å². The minimum atomic E-state index is -0.230. The first-order valence-electron chi connectivity index (χ1n) is 12.3. The summed E-state index contributed by atoms with van der Waals surface area (Å²) in [6.07, 6.45) is 3.34. The molecule has 2 amide bonds. The number of nitrogens with one attached hydrogen (secondary N) is 2. The molecule has 0 unspecified atom stereocenters. The van der Waals surface area contributed by atoms with Crippen molar-refractivity contribution in [1.82, 2.24) is 10.6 Å². The van der Waals surface area contributed by atoms with E-state index in [1.165, 1.54) is 6.07 Å². The molecule has 0 aromatic heterocycles. The number of urea groups is 1. The van der Waals surface area contributed by atoms with Crippen LogP contribution in [0.2, 0.25) is 0 Å². The number of ether oxygens (including phenoxy) is 2. The Morgan fingerprint density at radius 3 is 2.56 bits per heavy atom. The Hall–Kier alpha value is -2.48. The molecule has 0 aliphatic carbocycles. The van der Waals surface area contributed by atoms with Gasteiger partial charge in [0, 0.05) is 11.6 Å². The van der Waals surface area contributed by atoms with Gasteiger partial charge in [-0.05, 0) is 63.1 Å². The highest BCUT2D eigenvalue weighted by atomic mass is 19.1. The fraction of sp³-hybridized carbons (Fsp3) is 0.519. The van der Waals surface area contributed by atoms with Gasteiger partial charge in [-0.3, -0.25) is 0 Å². The van der Waals surface area contributed by atoms with Crippen LogP contribution in [0.25, 0.3) is 11.1 Å². The van der Waals surface area contributed by atoms with E-state index in [9.17, 15) is 14.3 Å². The third kappa shape index (κ3) is 6.14. The molecule has 184 valence electrons. The summed E-state index contributed by atoms with van der Waals surface area (Å²) in [6.45, 7) is 3.85. The molecule has 0 spiro atoms. The zero-order chi connectivity index (χ0) is 24.1. The first-order valence-corrected chi connectivity index (χ1v) is 12.3. The average Bonchev–Trinajstić information content (AvgIpc) is 2.82. The van der Waals surface area contributed by atoms with Gasteiger partial charge < -0.3 is 25.2 Å². The smallest absolute Gasteiger partial charge is 0.315 e. The Kier molecular flexibility index (Phi) is 8.19. The number of rotatable bonds is 7. The zero-order valence-electron chi connectivity index (χ0n) is 19.9. The maximum absolute atomic E-state index is 14.1. The van der Waals surface area contributed by atoms with Gasteiger partial charge in [0.2, 0.25) is 0 Å². The number of amides is 2. The number of hydrogen-bond donors (Lipinski definition) is 3. The van der Waals surface area contributed by atoms with Gasteiger partial charge in [-0.1, -0.05) is 42.5 Å². The molecule has 2 saturated heterocycles. The van der Waals surface area contributed by atoms with Crippen LogP contribution in [-0.2, 0) is 15.9 Å². The molecule has 6 nitrogen and oxygen atoms in total. The summed E-state index contributed by atoms with van der Waals surface area (Å²) >= 11 is 0. The quantitative estimate of drug-likeness (QED) is 0.567. The highest BCUT2D eigenvalue weighted by molar-refractivity contribution is 5.74. The summed E-state index contributed by atoms with van der Waals surface area (Å²) in [5.41, 5.74) is 2.58. The van der Waals surface area contributed by atoms with Crippen LogP contribution < -0.4 is 10.6 Å². The van der Waals surface area contributed by atoms with Gasteiger partial charge in [0.25, 0.3) is 0 Å². The Labute approximate surface area is 200 Å². The van der Waals surface area contributed by atoms with Crippen LogP contribution in [0.4, 0.5) is 9.18 Å².